The maximum absolute atomic E-state index is 5.43. The Balaban J connectivity index is 1.89. The molecule has 0 aromatic heterocycles. The predicted molar refractivity (Wildman–Crippen MR) is 54.8 cm³/mol. The second-order valence-electron chi connectivity index (χ2n) is 4.34. The molecular weight excluding hydrogens is 180 g/mol. The zero-order valence-electron chi connectivity index (χ0n) is 8.79. The number of aliphatic imine (C=N–C) groups is 1. The molecular formula is C9H18N4O. The lowest BCUT2D eigenvalue weighted by molar-refractivity contribution is -0.0841. The molecule has 0 bridgehead atoms. The van der Waals surface area contributed by atoms with Gasteiger partial charge in [-0.05, 0) is 19.8 Å². The van der Waals surface area contributed by atoms with Crippen molar-refractivity contribution in [1.82, 2.24) is 10.3 Å². The van der Waals surface area contributed by atoms with Crippen LogP contribution in [0.2, 0.25) is 0 Å². The maximum Gasteiger partial charge on any atom is 0.208 e. The van der Waals surface area contributed by atoms with E-state index in [1.54, 1.807) is 7.11 Å². The summed E-state index contributed by atoms with van der Waals surface area (Å²) in [5, 5.41) is 0. The number of methoxy groups -OCH3 is 1. The molecule has 1 aliphatic carbocycles. The van der Waals surface area contributed by atoms with Gasteiger partial charge < -0.3 is 9.64 Å². The van der Waals surface area contributed by atoms with Gasteiger partial charge in [-0.1, -0.05) is 0 Å². The van der Waals surface area contributed by atoms with Gasteiger partial charge in [0.1, 0.15) is 5.60 Å². The summed E-state index contributed by atoms with van der Waals surface area (Å²) in [6, 6.07) is 0.496. The molecule has 14 heavy (non-hydrogen) atoms. The normalized spacial score (nSPS) is 25.9. The zero-order valence-corrected chi connectivity index (χ0v) is 8.79. The van der Waals surface area contributed by atoms with Crippen molar-refractivity contribution in [2.75, 3.05) is 20.2 Å². The van der Waals surface area contributed by atoms with Crippen LogP contribution in [-0.4, -0.2) is 42.7 Å². The number of hydrogen-bond acceptors (Lipinski definition) is 3. The molecule has 1 aliphatic heterocycles. The number of guanidine groups is 1. The highest BCUT2D eigenvalue weighted by Gasteiger charge is 2.41. The highest BCUT2D eigenvalue weighted by Crippen LogP contribution is 2.27. The summed E-state index contributed by atoms with van der Waals surface area (Å²) < 4.78 is 5.35. The van der Waals surface area contributed by atoms with Gasteiger partial charge >= 0.3 is 0 Å². The van der Waals surface area contributed by atoms with Gasteiger partial charge in [0.25, 0.3) is 0 Å². The van der Waals surface area contributed by atoms with Gasteiger partial charge in [-0.15, -0.1) is 0 Å². The lowest BCUT2D eigenvalue weighted by Crippen LogP contribution is -2.65. The van der Waals surface area contributed by atoms with E-state index >= 15 is 0 Å². The Bertz CT molecular complexity index is 243. The molecule has 1 saturated heterocycles. The topological polar surface area (TPSA) is 62.9 Å². The van der Waals surface area contributed by atoms with Gasteiger partial charge in [0.15, 0.2) is 0 Å². The fourth-order valence-electron chi connectivity index (χ4n) is 1.63. The van der Waals surface area contributed by atoms with Crippen LogP contribution in [0.15, 0.2) is 4.99 Å². The summed E-state index contributed by atoms with van der Waals surface area (Å²) in [5.74, 6) is 6.23. The molecule has 2 fully saturated rings. The summed E-state index contributed by atoms with van der Waals surface area (Å²) in [7, 11) is 1.74. The quantitative estimate of drug-likeness (QED) is 0.276. The fourth-order valence-corrected chi connectivity index (χ4v) is 1.63. The average Bonchev–Trinajstić information content (AvgIpc) is 2.93. The molecule has 0 amide bonds. The monoisotopic (exact) mass is 198 g/mol. The van der Waals surface area contributed by atoms with Gasteiger partial charge in [0.2, 0.25) is 5.96 Å². The Kier molecular flexibility index (Phi) is 2.36. The largest absolute Gasteiger partial charge is 0.375 e. The number of rotatable bonds is 2. The highest BCUT2D eigenvalue weighted by atomic mass is 16.5. The van der Waals surface area contributed by atoms with E-state index < -0.39 is 0 Å². The Labute approximate surface area is 84.3 Å². The highest BCUT2D eigenvalue weighted by molar-refractivity contribution is 5.80. The van der Waals surface area contributed by atoms with Gasteiger partial charge in [-0.25, -0.2) is 10.8 Å². The molecule has 1 heterocycles. The lowest BCUT2D eigenvalue weighted by atomic mass is 9.97. The first-order valence-corrected chi connectivity index (χ1v) is 5.01. The van der Waals surface area contributed by atoms with Crippen LogP contribution in [0.5, 0.6) is 0 Å². The van der Waals surface area contributed by atoms with Crippen LogP contribution in [0.4, 0.5) is 0 Å². The standard InChI is InChI=1S/C9H18N4O/c1-9(14-2)5-13(6-9)8(12-10)11-7-3-4-7/h7H,3-6,10H2,1-2H3,(H,11,12). The van der Waals surface area contributed by atoms with Crippen LogP contribution in [0, 0.1) is 0 Å². The second-order valence-corrected chi connectivity index (χ2v) is 4.34. The van der Waals surface area contributed by atoms with E-state index in [1.807, 2.05) is 0 Å². The molecule has 3 N–H and O–H groups in total. The van der Waals surface area contributed by atoms with Crippen LogP contribution in [-0.2, 0) is 4.74 Å². The Hall–Kier alpha value is -0.810. The number of hydrazine groups is 1. The molecule has 5 heteroatoms. The number of likely N-dealkylation sites (tertiary alicyclic amines) is 1. The van der Waals surface area contributed by atoms with Crippen LogP contribution in [0.25, 0.3) is 0 Å². The van der Waals surface area contributed by atoms with Crippen molar-refractivity contribution < 1.29 is 4.74 Å². The molecule has 1 saturated carbocycles. The molecule has 5 nitrogen and oxygen atoms in total. The summed E-state index contributed by atoms with van der Waals surface area (Å²) in [5.41, 5.74) is 2.63. The smallest absolute Gasteiger partial charge is 0.208 e. The summed E-state index contributed by atoms with van der Waals surface area (Å²) >= 11 is 0. The molecule has 80 valence electrons. The molecule has 0 aromatic carbocycles. The minimum Gasteiger partial charge on any atom is -0.375 e. The Morgan fingerprint density at radius 1 is 1.57 bits per heavy atom. The van der Waals surface area contributed by atoms with E-state index in [9.17, 15) is 0 Å². The third-order valence-corrected chi connectivity index (χ3v) is 2.82. The number of ether oxygens (including phenoxy) is 1. The summed E-state index contributed by atoms with van der Waals surface area (Å²) in [6.45, 7) is 3.81. The van der Waals surface area contributed by atoms with Crippen molar-refractivity contribution in [3.63, 3.8) is 0 Å². The van der Waals surface area contributed by atoms with E-state index in [-0.39, 0.29) is 5.60 Å². The van der Waals surface area contributed by atoms with Crippen molar-refractivity contribution in [3.8, 4) is 0 Å². The SMILES string of the molecule is COC1(C)CN(C(=NC2CC2)NN)C1. The first-order valence-electron chi connectivity index (χ1n) is 5.01. The van der Waals surface area contributed by atoms with Crippen molar-refractivity contribution >= 4 is 5.96 Å². The number of nitrogens with two attached hydrogens (primary N) is 1. The molecule has 2 rings (SSSR count). The average molecular weight is 198 g/mol. The zero-order chi connectivity index (χ0) is 10.2. The van der Waals surface area contributed by atoms with Gasteiger partial charge in [-0.2, -0.15) is 0 Å². The van der Waals surface area contributed by atoms with Crippen molar-refractivity contribution in [1.29, 1.82) is 0 Å². The van der Waals surface area contributed by atoms with E-state index in [2.05, 4.69) is 22.2 Å². The number of hydrogen-bond donors (Lipinski definition) is 2. The first kappa shape index (κ1) is 9.73. The predicted octanol–water partition coefficient (Wildman–Crippen LogP) is -0.311. The summed E-state index contributed by atoms with van der Waals surface area (Å²) in [4.78, 5) is 6.59. The van der Waals surface area contributed by atoms with Gasteiger partial charge in [-0.3, -0.25) is 5.43 Å². The van der Waals surface area contributed by atoms with E-state index in [1.165, 1.54) is 12.8 Å². The number of nitrogens with zero attached hydrogens (tertiary/aromatic N) is 2. The van der Waals surface area contributed by atoms with E-state index in [0.29, 0.717) is 6.04 Å². The van der Waals surface area contributed by atoms with Crippen molar-refractivity contribution in [2.45, 2.75) is 31.4 Å². The molecule has 0 unspecified atom stereocenters. The van der Waals surface area contributed by atoms with Gasteiger partial charge in [0.05, 0.1) is 19.1 Å². The number of nitrogens with one attached hydrogen (secondary N) is 1. The third-order valence-electron chi connectivity index (χ3n) is 2.82. The molecule has 0 radical (unpaired) electrons. The Morgan fingerprint density at radius 2 is 2.21 bits per heavy atom. The van der Waals surface area contributed by atoms with Crippen LogP contribution < -0.4 is 11.3 Å². The molecule has 2 aliphatic rings. The second kappa shape index (κ2) is 3.40. The van der Waals surface area contributed by atoms with E-state index in [4.69, 9.17) is 10.6 Å². The minimum absolute atomic E-state index is 0.0266. The van der Waals surface area contributed by atoms with Gasteiger partial charge in [0, 0.05) is 7.11 Å². The first-order chi connectivity index (χ1) is 6.67. The maximum atomic E-state index is 5.43. The fraction of sp³-hybridized carbons (Fsp3) is 0.889. The Morgan fingerprint density at radius 3 is 2.64 bits per heavy atom. The molecule has 0 spiro atoms. The van der Waals surface area contributed by atoms with Crippen molar-refractivity contribution in [2.24, 2.45) is 10.8 Å². The molecule has 0 atom stereocenters. The lowest BCUT2D eigenvalue weighted by Gasteiger charge is -2.47. The van der Waals surface area contributed by atoms with Crippen molar-refractivity contribution in [3.05, 3.63) is 0 Å². The van der Waals surface area contributed by atoms with Crippen LogP contribution in [0.3, 0.4) is 0 Å². The molecule has 0 aromatic rings. The van der Waals surface area contributed by atoms with Crippen LogP contribution >= 0.6 is 0 Å². The third kappa shape index (κ3) is 1.83. The minimum atomic E-state index is -0.0266. The summed E-state index contributed by atoms with van der Waals surface area (Å²) in [6.07, 6.45) is 2.39. The van der Waals surface area contributed by atoms with Crippen LogP contribution in [0.1, 0.15) is 19.8 Å². The van der Waals surface area contributed by atoms with E-state index in [0.717, 1.165) is 19.0 Å².